The summed E-state index contributed by atoms with van der Waals surface area (Å²) in [5, 5.41) is 36.9. The second kappa shape index (κ2) is 3.92. The van der Waals surface area contributed by atoms with Gasteiger partial charge in [0.15, 0.2) is 0 Å². The van der Waals surface area contributed by atoms with Crippen LogP contribution in [0.4, 0.5) is 0 Å². The Labute approximate surface area is 100 Å². The van der Waals surface area contributed by atoms with Gasteiger partial charge in [0.05, 0.1) is 11.1 Å². The van der Waals surface area contributed by atoms with Crippen LogP contribution in [-0.4, -0.2) is 32.4 Å². The molecule has 0 radical (unpaired) electrons. The van der Waals surface area contributed by atoms with Crippen LogP contribution in [0.3, 0.4) is 0 Å². The molecular formula is C12H8O6. The van der Waals surface area contributed by atoms with Crippen molar-refractivity contribution in [3.8, 4) is 11.5 Å². The maximum atomic E-state index is 11.0. The highest BCUT2D eigenvalue weighted by atomic mass is 16.4. The minimum atomic E-state index is -1.32. The molecule has 6 nitrogen and oxygen atoms in total. The first-order chi connectivity index (χ1) is 8.43. The van der Waals surface area contributed by atoms with E-state index in [9.17, 15) is 19.8 Å². The zero-order chi connectivity index (χ0) is 13.4. The maximum absolute atomic E-state index is 11.0. The van der Waals surface area contributed by atoms with E-state index in [4.69, 9.17) is 10.2 Å². The van der Waals surface area contributed by atoms with Crippen LogP contribution in [0.2, 0.25) is 0 Å². The first kappa shape index (κ1) is 11.7. The number of carbonyl (C=O) groups is 2. The van der Waals surface area contributed by atoms with Crippen molar-refractivity contribution < 1.29 is 30.0 Å². The Hall–Kier alpha value is -2.76. The third-order valence-corrected chi connectivity index (χ3v) is 2.58. The number of benzene rings is 2. The monoisotopic (exact) mass is 248 g/mol. The topological polar surface area (TPSA) is 115 Å². The smallest absolute Gasteiger partial charge is 0.336 e. The molecule has 0 unspecified atom stereocenters. The molecule has 0 aliphatic carbocycles. The van der Waals surface area contributed by atoms with E-state index in [-0.39, 0.29) is 21.9 Å². The van der Waals surface area contributed by atoms with E-state index >= 15 is 0 Å². The zero-order valence-corrected chi connectivity index (χ0v) is 8.91. The van der Waals surface area contributed by atoms with Crippen LogP contribution in [0.15, 0.2) is 24.3 Å². The molecule has 18 heavy (non-hydrogen) atoms. The summed E-state index contributed by atoms with van der Waals surface area (Å²) in [6, 6.07) is 4.37. The number of carboxylic acid groups (broad SMARTS) is 2. The fourth-order valence-corrected chi connectivity index (χ4v) is 1.82. The normalized spacial score (nSPS) is 10.4. The summed E-state index contributed by atoms with van der Waals surface area (Å²) in [6.45, 7) is 0. The lowest BCUT2D eigenvalue weighted by Gasteiger charge is -2.09. The maximum Gasteiger partial charge on any atom is 0.336 e. The molecule has 0 saturated heterocycles. The molecule has 0 fully saturated rings. The molecule has 6 heteroatoms. The van der Waals surface area contributed by atoms with E-state index < -0.39 is 23.4 Å². The van der Waals surface area contributed by atoms with Crippen LogP contribution in [-0.2, 0) is 0 Å². The molecular weight excluding hydrogens is 240 g/mol. The first-order valence-corrected chi connectivity index (χ1v) is 4.87. The molecule has 0 atom stereocenters. The predicted molar refractivity (Wildman–Crippen MR) is 61.2 cm³/mol. The second-order valence-electron chi connectivity index (χ2n) is 3.62. The summed E-state index contributed by atoms with van der Waals surface area (Å²) in [6.07, 6.45) is 0. The SMILES string of the molecule is O=C(O)c1ccc(O)c2c(C(=O)O)ccc(O)c12. The highest BCUT2D eigenvalue weighted by molar-refractivity contribution is 6.14. The van der Waals surface area contributed by atoms with Gasteiger partial charge in [0.25, 0.3) is 0 Å². The average molecular weight is 248 g/mol. The Balaban J connectivity index is 3.04. The predicted octanol–water partition coefficient (Wildman–Crippen LogP) is 1.65. The molecule has 0 aliphatic rings. The summed E-state index contributed by atoms with van der Waals surface area (Å²) in [7, 11) is 0. The standard InChI is InChI=1S/C12H8O6/c13-7-3-1-5(11(15)16)9-8(14)4-2-6(10(7)9)12(17)18/h1-4,13-14H,(H,15,16)(H,17,18). The molecule has 0 heterocycles. The molecule has 0 aliphatic heterocycles. The molecule has 0 amide bonds. The van der Waals surface area contributed by atoms with Crippen LogP contribution >= 0.6 is 0 Å². The van der Waals surface area contributed by atoms with Crippen molar-refractivity contribution in [2.45, 2.75) is 0 Å². The van der Waals surface area contributed by atoms with Crippen molar-refractivity contribution in [1.29, 1.82) is 0 Å². The lowest BCUT2D eigenvalue weighted by Crippen LogP contribution is -2.02. The first-order valence-electron chi connectivity index (χ1n) is 4.87. The van der Waals surface area contributed by atoms with Gasteiger partial charge in [0, 0.05) is 10.8 Å². The number of aromatic carboxylic acids is 2. The molecule has 0 saturated carbocycles. The molecule has 2 rings (SSSR count). The summed E-state index contributed by atoms with van der Waals surface area (Å²) in [5.74, 6) is -3.44. The Morgan fingerprint density at radius 1 is 0.722 bits per heavy atom. The van der Waals surface area contributed by atoms with Crippen LogP contribution in [0.25, 0.3) is 10.8 Å². The van der Waals surface area contributed by atoms with E-state index in [1.807, 2.05) is 0 Å². The van der Waals surface area contributed by atoms with Crippen molar-refractivity contribution in [3.63, 3.8) is 0 Å². The van der Waals surface area contributed by atoms with Gasteiger partial charge in [-0.2, -0.15) is 0 Å². The van der Waals surface area contributed by atoms with Crippen LogP contribution < -0.4 is 0 Å². The van der Waals surface area contributed by atoms with Crippen molar-refractivity contribution >= 4 is 22.7 Å². The number of rotatable bonds is 2. The van der Waals surface area contributed by atoms with E-state index in [1.165, 1.54) is 0 Å². The van der Waals surface area contributed by atoms with Gasteiger partial charge in [-0.3, -0.25) is 0 Å². The molecule has 2 aromatic carbocycles. The third-order valence-electron chi connectivity index (χ3n) is 2.58. The number of hydrogen-bond donors (Lipinski definition) is 4. The average Bonchev–Trinajstić information content (AvgIpc) is 2.29. The molecule has 0 bridgehead atoms. The molecule has 4 N–H and O–H groups in total. The Morgan fingerprint density at radius 2 is 1.06 bits per heavy atom. The summed E-state index contributed by atoms with van der Waals surface area (Å²) < 4.78 is 0. The van der Waals surface area contributed by atoms with E-state index in [2.05, 4.69) is 0 Å². The quantitative estimate of drug-likeness (QED) is 0.642. The van der Waals surface area contributed by atoms with Gasteiger partial charge in [-0.15, -0.1) is 0 Å². The van der Waals surface area contributed by atoms with Gasteiger partial charge in [0.2, 0.25) is 0 Å². The van der Waals surface area contributed by atoms with Crippen LogP contribution in [0.5, 0.6) is 11.5 Å². The van der Waals surface area contributed by atoms with E-state index in [0.29, 0.717) is 0 Å². The van der Waals surface area contributed by atoms with Gasteiger partial charge in [0.1, 0.15) is 11.5 Å². The number of carboxylic acids is 2. The van der Waals surface area contributed by atoms with Crippen molar-refractivity contribution in [2.24, 2.45) is 0 Å². The van der Waals surface area contributed by atoms with Gasteiger partial charge < -0.3 is 20.4 Å². The molecule has 2 aromatic rings. The Kier molecular flexibility index (Phi) is 2.55. The highest BCUT2D eigenvalue weighted by Gasteiger charge is 2.20. The number of fused-ring (bicyclic) bond motifs is 1. The summed E-state index contributed by atoms with van der Waals surface area (Å²) in [5.41, 5.74) is -0.549. The van der Waals surface area contributed by atoms with E-state index in [0.717, 1.165) is 24.3 Å². The molecule has 0 spiro atoms. The van der Waals surface area contributed by atoms with Gasteiger partial charge in [-0.1, -0.05) is 0 Å². The second-order valence-corrected chi connectivity index (χ2v) is 3.62. The van der Waals surface area contributed by atoms with E-state index in [1.54, 1.807) is 0 Å². The van der Waals surface area contributed by atoms with Crippen molar-refractivity contribution in [2.75, 3.05) is 0 Å². The van der Waals surface area contributed by atoms with Crippen LogP contribution in [0.1, 0.15) is 20.7 Å². The van der Waals surface area contributed by atoms with Gasteiger partial charge in [-0.25, -0.2) is 9.59 Å². The number of phenols is 2. The fraction of sp³-hybridized carbons (Fsp3) is 0. The molecule has 92 valence electrons. The Bertz CT molecular complexity index is 615. The van der Waals surface area contributed by atoms with Crippen LogP contribution in [0, 0.1) is 0 Å². The highest BCUT2D eigenvalue weighted by Crippen LogP contribution is 2.36. The number of hydrogen-bond acceptors (Lipinski definition) is 4. The lowest BCUT2D eigenvalue weighted by molar-refractivity contribution is 0.0686. The lowest BCUT2D eigenvalue weighted by atomic mass is 9.98. The number of phenolic OH excluding ortho intramolecular Hbond substituents is 2. The summed E-state index contributed by atoms with van der Waals surface area (Å²) >= 11 is 0. The third kappa shape index (κ3) is 1.60. The molecule has 0 aromatic heterocycles. The minimum Gasteiger partial charge on any atom is -0.507 e. The largest absolute Gasteiger partial charge is 0.507 e. The van der Waals surface area contributed by atoms with Crippen molar-refractivity contribution in [3.05, 3.63) is 35.4 Å². The number of aromatic hydroxyl groups is 2. The summed E-state index contributed by atoms with van der Waals surface area (Å²) in [4.78, 5) is 22.0. The minimum absolute atomic E-state index is 0.192. The van der Waals surface area contributed by atoms with Gasteiger partial charge in [-0.05, 0) is 24.3 Å². The Morgan fingerprint density at radius 3 is 1.33 bits per heavy atom. The fourth-order valence-electron chi connectivity index (χ4n) is 1.82. The zero-order valence-electron chi connectivity index (χ0n) is 8.91. The van der Waals surface area contributed by atoms with Gasteiger partial charge >= 0.3 is 11.9 Å². The van der Waals surface area contributed by atoms with Crippen molar-refractivity contribution in [1.82, 2.24) is 0 Å².